The van der Waals surface area contributed by atoms with Crippen molar-refractivity contribution < 1.29 is 13.2 Å². The zero-order valence-corrected chi connectivity index (χ0v) is 17.4. The minimum atomic E-state index is -3.02. The molecule has 26 heavy (non-hydrogen) atoms. The first-order chi connectivity index (χ1) is 12.3. The predicted molar refractivity (Wildman–Crippen MR) is 104 cm³/mol. The van der Waals surface area contributed by atoms with Crippen LogP contribution in [0.4, 0.5) is 0 Å². The number of carbonyl (C=O) groups is 1. The molecule has 2 aromatic heterocycles. The van der Waals surface area contributed by atoms with E-state index >= 15 is 0 Å². The molecule has 1 aliphatic heterocycles. The summed E-state index contributed by atoms with van der Waals surface area (Å²) < 4.78 is 25.3. The van der Waals surface area contributed by atoms with Crippen LogP contribution >= 0.6 is 23.1 Å². The zero-order valence-electron chi connectivity index (χ0n) is 15.0. The van der Waals surface area contributed by atoms with E-state index in [4.69, 9.17) is 0 Å². The molecule has 0 N–H and O–H groups in total. The van der Waals surface area contributed by atoms with Gasteiger partial charge in [-0.1, -0.05) is 17.8 Å². The van der Waals surface area contributed by atoms with Crippen molar-refractivity contribution in [1.29, 1.82) is 0 Å². The van der Waals surface area contributed by atoms with Crippen LogP contribution in [-0.2, 0) is 21.2 Å². The Balaban J connectivity index is 1.71. The standard InChI is InChI=1S/C16H22N4O3S3/c1-4-20-14(13-6-5-8-24-13)17-18-16(20)25-11(2)15(21)19(3)12-7-9-26(22,23)10-12/h5-6,8,11-12H,4,7,9-10H2,1-3H3/t11-,12-/m0/s1. The Kier molecular flexibility index (Phi) is 5.73. The first-order valence-corrected chi connectivity index (χ1v) is 12.0. The molecular formula is C16H22N4O3S3. The maximum atomic E-state index is 12.7. The molecule has 10 heteroatoms. The van der Waals surface area contributed by atoms with Crippen molar-refractivity contribution in [2.24, 2.45) is 0 Å². The van der Waals surface area contributed by atoms with E-state index in [-0.39, 0.29) is 28.7 Å². The minimum Gasteiger partial charge on any atom is -0.341 e. The highest BCUT2D eigenvalue weighted by Crippen LogP contribution is 2.30. The van der Waals surface area contributed by atoms with Gasteiger partial charge in [-0.25, -0.2) is 8.42 Å². The molecule has 0 radical (unpaired) electrons. The molecule has 3 rings (SSSR count). The topological polar surface area (TPSA) is 85.2 Å². The fourth-order valence-electron chi connectivity index (χ4n) is 3.01. The third-order valence-electron chi connectivity index (χ3n) is 4.51. The Morgan fingerprint density at radius 2 is 2.27 bits per heavy atom. The summed E-state index contributed by atoms with van der Waals surface area (Å²) >= 11 is 2.96. The quantitative estimate of drug-likeness (QED) is 0.674. The molecular weight excluding hydrogens is 392 g/mol. The fraction of sp³-hybridized carbons (Fsp3) is 0.562. The number of rotatable bonds is 6. The second kappa shape index (κ2) is 7.69. The van der Waals surface area contributed by atoms with E-state index in [2.05, 4.69) is 10.2 Å². The van der Waals surface area contributed by atoms with Gasteiger partial charge in [0.1, 0.15) is 0 Å². The molecule has 142 valence electrons. The van der Waals surface area contributed by atoms with E-state index in [0.29, 0.717) is 18.1 Å². The van der Waals surface area contributed by atoms with Crippen LogP contribution in [0.1, 0.15) is 20.3 Å². The van der Waals surface area contributed by atoms with Gasteiger partial charge >= 0.3 is 0 Å². The van der Waals surface area contributed by atoms with Crippen molar-refractivity contribution in [3.63, 3.8) is 0 Å². The summed E-state index contributed by atoms with van der Waals surface area (Å²) in [5.41, 5.74) is 0. The molecule has 1 aliphatic rings. The van der Waals surface area contributed by atoms with Crippen molar-refractivity contribution in [3.8, 4) is 10.7 Å². The van der Waals surface area contributed by atoms with Gasteiger partial charge in [-0.3, -0.25) is 4.79 Å². The van der Waals surface area contributed by atoms with E-state index in [1.807, 2.05) is 35.9 Å². The fourth-order valence-corrected chi connectivity index (χ4v) is 6.51. The molecule has 0 aliphatic carbocycles. The summed E-state index contributed by atoms with van der Waals surface area (Å²) in [6.07, 6.45) is 0.510. The number of nitrogens with zero attached hydrogens (tertiary/aromatic N) is 4. The van der Waals surface area contributed by atoms with Gasteiger partial charge in [0, 0.05) is 19.6 Å². The lowest BCUT2D eigenvalue weighted by molar-refractivity contribution is -0.130. The number of aromatic nitrogens is 3. The molecule has 7 nitrogen and oxygen atoms in total. The number of hydrogen-bond donors (Lipinski definition) is 0. The molecule has 3 heterocycles. The van der Waals surface area contributed by atoms with Crippen LogP contribution in [-0.4, -0.2) is 63.8 Å². The van der Waals surface area contributed by atoms with E-state index in [1.54, 1.807) is 23.3 Å². The van der Waals surface area contributed by atoms with E-state index in [9.17, 15) is 13.2 Å². The Bertz CT molecular complexity index is 877. The largest absolute Gasteiger partial charge is 0.341 e. The number of thiophene rings is 1. The molecule has 0 spiro atoms. The Morgan fingerprint density at radius 3 is 2.85 bits per heavy atom. The number of carbonyl (C=O) groups excluding carboxylic acids is 1. The van der Waals surface area contributed by atoms with Gasteiger partial charge in [0.2, 0.25) is 5.91 Å². The Morgan fingerprint density at radius 1 is 1.50 bits per heavy atom. The summed E-state index contributed by atoms with van der Waals surface area (Å²) in [4.78, 5) is 15.4. The van der Waals surface area contributed by atoms with Crippen molar-refractivity contribution >= 4 is 38.8 Å². The van der Waals surface area contributed by atoms with Crippen LogP contribution in [0.5, 0.6) is 0 Å². The molecule has 1 saturated heterocycles. The van der Waals surface area contributed by atoms with E-state index in [0.717, 1.165) is 10.7 Å². The number of amides is 1. The molecule has 0 bridgehead atoms. The number of hydrogen-bond acceptors (Lipinski definition) is 7. The maximum absolute atomic E-state index is 12.7. The molecule has 2 aromatic rings. The maximum Gasteiger partial charge on any atom is 0.235 e. The van der Waals surface area contributed by atoms with Gasteiger partial charge in [0.25, 0.3) is 0 Å². The monoisotopic (exact) mass is 414 g/mol. The van der Waals surface area contributed by atoms with Crippen molar-refractivity contribution in [2.45, 2.75) is 43.3 Å². The van der Waals surface area contributed by atoms with Crippen molar-refractivity contribution in [2.75, 3.05) is 18.6 Å². The SMILES string of the molecule is CCn1c(S[C@@H](C)C(=O)N(C)[C@H]2CCS(=O)(=O)C2)nnc1-c1cccs1. The van der Waals surface area contributed by atoms with E-state index in [1.165, 1.54) is 11.8 Å². The van der Waals surface area contributed by atoms with Gasteiger partial charge in [-0.2, -0.15) is 0 Å². The highest BCUT2D eigenvalue weighted by molar-refractivity contribution is 8.00. The number of thioether (sulfide) groups is 1. The van der Waals surface area contributed by atoms with Gasteiger partial charge in [-0.05, 0) is 31.7 Å². The molecule has 0 saturated carbocycles. The third-order valence-corrected chi connectivity index (χ3v) is 8.19. The van der Waals surface area contributed by atoms with Crippen LogP contribution in [0.2, 0.25) is 0 Å². The molecule has 0 unspecified atom stereocenters. The molecule has 1 amide bonds. The first-order valence-electron chi connectivity index (χ1n) is 8.43. The Hall–Kier alpha value is -1.39. The second-order valence-electron chi connectivity index (χ2n) is 6.29. The van der Waals surface area contributed by atoms with Crippen LogP contribution in [0, 0.1) is 0 Å². The average molecular weight is 415 g/mol. The lowest BCUT2D eigenvalue weighted by Crippen LogP contribution is -2.41. The summed E-state index contributed by atoms with van der Waals surface area (Å²) in [7, 11) is -1.33. The second-order valence-corrected chi connectivity index (χ2v) is 10.8. The van der Waals surface area contributed by atoms with Gasteiger partial charge in [-0.15, -0.1) is 21.5 Å². The van der Waals surface area contributed by atoms with Gasteiger partial charge in [0.05, 0.1) is 21.6 Å². The van der Waals surface area contributed by atoms with Gasteiger partial charge in [0.15, 0.2) is 20.8 Å². The van der Waals surface area contributed by atoms with Crippen LogP contribution in [0.15, 0.2) is 22.7 Å². The smallest absolute Gasteiger partial charge is 0.235 e. The predicted octanol–water partition coefficient (Wildman–Crippen LogP) is 2.15. The minimum absolute atomic E-state index is 0.0558. The summed E-state index contributed by atoms with van der Waals surface area (Å²) in [6.45, 7) is 4.55. The average Bonchev–Trinajstić information content (AvgIpc) is 3.32. The molecule has 2 atom stereocenters. The number of sulfone groups is 1. The Labute approximate surface area is 161 Å². The molecule has 0 aromatic carbocycles. The molecule has 1 fully saturated rings. The highest BCUT2D eigenvalue weighted by atomic mass is 32.2. The van der Waals surface area contributed by atoms with E-state index < -0.39 is 9.84 Å². The third kappa shape index (κ3) is 3.96. The zero-order chi connectivity index (χ0) is 18.9. The van der Waals surface area contributed by atoms with Crippen molar-refractivity contribution in [1.82, 2.24) is 19.7 Å². The lowest BCUT2D eigenvalue weighted by Gasteiger charge is -2.26. The summed E-state index contributed by atoms with van der Waals surface area (Å²) in [6, 6.07) is 3.73. The summed E-state index contributed by atoms with van der Waals surface area (Å²) in [5, 5.41) is 10.9. The normalized spacial score (nSPS) is 20.2. The van der Waals surface area contributed by atoms with Crippen LogP contribution in [0.3, 0.4) is 0 Å². The first kappa shape index (κ1) is 19.4. The van der Waals surface area contributed by atoms with Gasteiger partial charge < -0.3 is 9.47 Å². The van der Waals surface area contributed by atoms with Crippen LogP contribution < -0.4 is 0 Å². The van der Waals surface area contributed by atoms with Crippen LogP contribution in [0.25, 0.3) is 10.7 Å². The van der Waals surface area contributed by atoms with Crippen molar-refractivity contribution in [3.05, 3.63) is 17.5 Å². The highest BCUT2D eigenvalue weighted by Gasteiger charge is 2.34. The summed E-state index contributed by atoms with van der Waals surface area (Å²) in [5.74, 6) is 0.936. The lowest BCUT2D eigenvalue weighted by atomic mass is 10.2.